The van der Waals surface area contributed by atoms with Crippen LogP contribution in [0.4, 0.5) is 4.79 Å². The third-order valence-electron chi connectivity index (χ3n) is 6.11. The van der Waals surface area contributed by atoms with Crippen LogP contribution in [0.2, 0.25) is 0 Å². The third-order valence-corrected chi connectivity index (χ3v) is 6.11. The molecule has 0 bridgehead atoms. The van der Waals surface area contributed by atoms with E-state index in [9.17, 15) is 14.4 Å². The van der Waals surface area contributed by atoms with Gasteiger partial charge in [0, 0.05) is 24.9 Å². The van der Waals surface area contributed by atoms with Crippen LogP contribution in [0.1, 0.15) is 46.3 Å². The molecule has 1 atom stereocenters. The third kappa shape index (κ3) is 5.87. The van der Waals surface area contributed by atoms with Crippen molar-refractivity contribution in [1.29, 1.82) is 0 Å². The number of carboxylic acid groups (broad SMARTS) is 1. The Morgan fingerprint density at radius 1 is 0.943 bits per heavy atom. The SMILES string of the molecule is CC(CC(=O)NCCc1cccc(C(=O)O)c1)NC(=O)OCC1c2ccccc2-c2ccccc21. The molecule has 3 aromatic carbocycles. The molecule has 0 aliphatic heterocycles. The van der Waals surface area contributed by atoms with Crippen molar-refractivity contribution in [2.45, 2.75) is 31.7 Å². The molecule has 4 rings (SSSR count). The molecule has 35 heavy (non-hydrogen) atoms. The Balaban J connectivity index is 1.22. The molecule has 3 aromatic rings. The average molecular weight is 473 g/mol. The number of hydrogen-bond acceptors (Lipinski definition) is 4. The number of carboxylic acids is 1. The van der Waals surface area contributed by atoms with Crippen LogP contribution in [0.15, 0.2) is 72.8 Å². The van der Waals surface area contributed by atoms with Crippen LogP contribution in [-0.2, 0) is 16.0 Å². The molecule has 2 amide bonds. The molecular formula is C28H28N2O5. The zero-order valence-corrected chi connectivity index (χ0v) is 19.5. The van der Waals surface area contributed by atoms with E-state index < -0.39 is 18.1 Å². The van der Waals surface area contributed by atoms with E-state index in [1.165, 1.54) is 6.07 Å². The number of nitrogens with one attached hydrogen (secondary N) is 2. The van der Waals surface area contributed by atoms with E-state index in [0.29, 0.717) is 13.0 Å². The van der Waals surface area contributed by atoms with Crippen molar-refractivity contribution >= 4 is 18.0 Å². The number of fused-ring (bicyclic) bond motifs is 3. The molecule has 0 aromatic heterocycles. The Morgan fingerprint density at radius 2 is 1.60 bits per heavy atom. The van der Waals surface area contributed by atoms with Gasteiger partial charge in [0.2, 0.25) is 5.91 Å². The summed E-state index contributed by atoms with van der Waals surface area (Å²) in [5, 5.41) is 14.6. The molecule has 3 N–H and O–H groups in total. The van der Waals surface area contributed by atoms with Gasteiger partial charge >= 0.3 is 12.1 Å². The van der Waals surface area contributed by atoms with E-state index in [0.717, 1.165) is 27.8 Å². The van der Waals surface area contributed by atoms with Crippen LogP contribution in [-0.4, -0.2) is 42.3 Å². The zero-order chi connectivity index (χ0) is 24.8. The van der Waals surface area contributed by atoms with E-state index >= 15 is 0 Å². The fourth-order valence-corrected chi connectivity index (χ4v) is 4.45. The maximum Gasteiger partial charge on any atom is 0.407 e. The summed E-state index contributed by atoms with van der Waals surface area (Å²) in [5.74, 6) is -1.21. The predicted octanol–water partition coefficient (Wildman–Crippen LogP) is 4.36. The molecule has 180 valence electrons. The van der Waals surface area contributed by atoms with Crippen molar-refractivity contribution in [3.8, 4) is 11.1 Å². The number of alkyl carbamates (subject to hydrolysis) is 1. The lowest BCUT2D eigenvalue weighted by Gasteiger charge is -2.17. The van der Waals surface area contributed by atoms with Crippen LogP contribution in [0, 0.1) is 0 Å². The normalized spacial score (nSPS) is 12.8. The quantitative estimate of drug-likeness (QED) is 0.429. The largest absolute Gasteiger partial charge is 0.478 e. The molecule has 0 heterocycles. The molecule has 0 fully saturated rings. The van der Waals surface area contributed by atoms with Gasteiger partial charge in [0.05, 0.1) is 5.56 Å². The van der Waals surface area contributed by atoms with Gasteiger partial charge in [-0.05, 0) is 53.3 Å². The molecule has 7 heteroatoms. The van der Waals surface area contributed by atoms with Gasteiger partial charge in [-0.1, -0.05) is 60.7 Å². The summed E-state index contributed by atoms with van der Waals surface area (Å²) in [6.45, 7) is 2.34. The second-order valence-corrected chi connectivity index (χ2v) is 8.68. The predicted molar refractivity (Wildman–Crippen MR) is 132 cm³/mol. The molecule has 0 saturated heterocycles. The van der Waals surface area contributed by atoms with Crippen LogP contribution >= 0.6 is 0 Å². The molecule has 0 spiro atoms. The lowest BCUT2D eigenvalue weighted by atomic mass is 9.98. The number of carbonyl (C=O) groups excluding carboxylic acids is 2. The standard InChI is InChI=1S/C28H28N2O5/c1-18(15-26(31)29-14-13-19-7-6-8-20(16-19)27(32)33)30-28(34)35-17-25-23-11-4-2-9-21(23)22-10-3-5-12-24(22)25/h2-12,16,18,25H,13-15,17H2,1H3,(H,29,31)(H,30,34)(H,32,33). The van der Waals surface area contributed by atoms with Gasteiger partial charge in [0.1, 0.15) is 6.61 Å². The van der Waals surface area contributed by atoms with Crippen molar-refractivity contribution in [1.82, 2.24) is 10.6 Å². The van der Waals surface area contributed by atoms with Gasteiger partial charge in [-0.25, -0.2) is 9.59 Å². The number of rotatable bonds is 9. The Bertz CT molecular complexity index is 1190. The highest BCUT2D eigenvalue weighted by molar-refractivity contribution is 5.87. The van der Waals surface area contributed by atoms with Crippen LogP contribution in [0.3, 0.4) is 0 Å². The van der Waals surface area contributed by atoms with Gasteiger partial charge < -0.3 is 20.5 Å². The monoisotopic (exact) mass is 472 g/mol. The lowest BCUT2D eigenvalue weighted by Crippen LogP contribution is -2.38. The Morgan fingerprint density at radius 3 is 2.26 bits per heavy atom. The highest BCUT2D eigenvalue weighted by Gasteiger charge is 2.29. The number of ether oxygens (including phenoxy) is 1. The van der Waals surface area contributed by atoms with Crippen LogP contribution in [0.5, 0.6) is 0 Å². The van der Waals surface area contributed by atoms with Crippen molar-refractivity contribution in [2.24, 2.45) is 0 Å². The summed E-state index contributed by atoms with van der Waals surface area (Å²) in [4.78, 5) is 35.7. The molecular weight excluding hydrogens is 444 g/mol. The number of amides is 2. The summed E-state index contributed by atoms with van der Waals surface area (Å²) in [6, 6.07) is 22.5. The zero-order valence-electron chi connectivity index (χ0n) is 19.5. The first kappa shape index (κ1) is 24.0. The maximum absolute atomic E-state index is 12.4. The van der Waals surface area contributed by atoms with Crippen molar-refractivity contribution in [2.75, 3.05) is 13.2 Å². The summed E-state index contributed by atoms with van der Waals surface area (Å²) >= 11 is 0. The van der Waals surface area contributed by atoms with E-state index in [-0.39, 0.29) is 30.4 Å². The lowest BCUT2D eigenvalue weighted by molar-refractivity contribution is -0.121. The number of benzene rings is 3. The van der Waals surface area contributed by atoms with Gasteiger partial charge in [0.25, 0.3) is 0 Å². The second-order valence-electron chi connectivity index (χ2n) is 8.68. The second kappa shape index (κ2) is 10.9. The van der Waals surface area contributed by atoms with Crippen molar-refractivity contribution in [3.63, 3.8) is 0 Å². The minimum Gasteiger partial charge on any atom is -0.478 e. The molecule has 7 nitrogen and oxygen atoms in total. The Labute approximate surface area is 204 Å². The molecule has 1 aliphatic rings. The summed E-state index contributed by atoms with van der Waals surface area (Å²) in [6.07, 6.45) is 0.0677. The maximum atomic E-state index is 12.4. The molecule has 0 radical (unpaired) electrons. The first-order chi connectivity index (χ1) is 16.9. The topological polar surface area (TPSA) is 105 Å². The first-order valence-corrected chi connectivity index (χ1v) is 11.6. The van der Waals surface area contributed by atoms with Gasteiger partial charge in [-0.3, -0.25) is 4.79 Å². The van der Waals surface area contributed by atoms with Gasteiger partial charge in [-0.15, -0.1) is 0 Å². The number of hydrogen-bond donors (Lipinski definition) is 3. The van der Waals surface area contributed by atoms with Gasteiger partial charge in [-0.2, -0.15) is 0 Å². The minimum atomic E-state index is -0.982. The molecule has 1 unspecified atom stereocenters. The van der Waals surface area contributed by atoms with Crippen molar-refractivity contribution < 1.29 is 24.2 Å². The Kier molecular flexibility index (Phi) is 7.45. The molecule has 0 saturated carbocycles. The van der Waals surface area contributed by atoms with Crippen molar-refractivity contribution in [3.05, 3.63) is 95.1 Å². The summed E-state index contributed by atoms with van der Waals surface area (Å²) in [7, 11) is 0. The van der Waals surface area contributed by atoms with E-state index in [4.69, 9.17) is 9.84 Å². The summed E-state index contributed by atoms with van der Waals surface area (Å²) in [5.41, 5.74) is 5.66. The fraction of sp³-hybridized carbons (Fsp3) is 0.250. The van der Waals surface area contributed by atoms with Gasteiger partial charge in [0.15, 0.2) is 0 Å². The first-order valence-electron chi connectivity index (χ1n) is 11.6. The minimum absolute atomic E-state index is 0.0219. The number of carbonyl (C=O) groups is 3. The smallest absolute Gasteiger partial charge is 0.407 e. The number of aromatic carboxylic acids is 1. The van der Waals surface area contributed by atoms with E-state index in [1.807, 2.05) is 30.3 Å². The highest BCUT2D eigenvalue weighted by Crippen LogP contribution is 2.44. The molecule has 1 aliphatic carbocycles. The Hall–Kier alpha value is -4.13. The average Bonchev–Trinajstić information content (AvgIpc) is 3.16. The van der Waals surface area contributed by atoms with Crippen LogP contribution < -0.4 is 10.6 Å². The van der Waals surface area contributed by atoms with E-state index in [1.54, 1.807) is 19.1 Å². The summed E-state index contributed by atoms with van der Waals surface area (Å²) < 4.78 is 5.53. The van der Waals surface area contributed by atoms with Crippen LogP contribution in [0.25, 0.3) is 11.1 Å². The highest BCUT2D eigenvalue weighted by atomic mass is 16.5. The van der Waals surface area contributed by atoms with E-state index in [2.05, 4.69) is 34.9 Å². The fourth-order valence-electron chi connectivity index (χ4n) is 4.45.